The van der Waals surface area contributed by atoms with Crippen molar-refractivity contribution in [3.8, 4) is 5.75 Å². The predicted molar refractivity (Wildman–Crippen MR) is 80.2 cm³/mol. The van der Waals surface area contributed by atoms with Gasteiger partial charge < -0.3 is 15.0 Å². The summed E-state index contributed by atoms with van der Waals surface area (Å²) in [7, 11) is 1.62. The molecular weight excluding hydrogens is 254 g/mol. The van der Waals surface area contributed by atoms with Crippen molar-refractivity contribution in [2.24, 2.45) is 0 Å². The van der Waals surface area contributed by atoms with Gasteiger partial charge in [-0.1, -0.05) is 13.0 Å². The number of benzene rings is 1. The van der Waals surface area contributed by atoms with Crippen LogP contribution in [0.2, 0.25) is 0 Å². The van der Waals surface area contributed by atoms with Gasteiger partial charge in [0.25, 0.3) is 0 Å². The van der Waals surface area contributed by atoms with Crippen LogP contribution in [0.25, 0.3) is 0 Å². The largest absolute Gasteiger partial charge is 0.497 e. The van der Waals surface area contributed by atoms with Gasteiger partial charge in [0.1, 0.15) is 5.75 Å². The maximum absolute atomic E-state index is 12.0. The van der Waals surface area contributed by atoms with E-state index in [-0.39, 0.29) is 5.91 Å². The topological polar surface area (TPSA) is 44.8 Å². The molecule has 0 unspecified atom stereocenters. The fourth-order valence-corrected chi connectivity index (χ4v) is 2.37. The minimum Gasteiger partial charge on any atom is -0.497 e. The molecule has 2 rings (SSSR count). The van der Waals surface area contributed by atoms with Gasteiger partial charge in [0, 0.05) is 37.9 Å². The molecule has 1 heterocycles. The van der Waals surface area contributed by atoms with E-state index < -0.39 is 0 Å². The quantitative estimate of drug-likeness (QED) is 0.880. The number of carbonyl (C=O) groups excluding carboxylic acids is 1. The third-order valence-corrected chi connectivity index (χ3v) is 3.63. The van der Waals surface area contributed by atoms with E-state index in [0.29, 0.717) is 6.54 Å². The van der Waals surface area contributed by atoms with Gasteiger partial charge in [-0.05, 0) is 18.7 Å². The van der Waals surface area contributed by atoms with Gasteiger partial charge in [-0.25, -0.2) is 0 Å². The van der Waals surface area contributed by atoms with Crippen LogP contribution in [0.4, 0.5) is 5.69 Å². The smallest absolute Gasteiger partial charge is 0.238 e. The summed E-state index contributed by atoms with van der Waals surface area (Å²) in [6.07, 6.45) is 0. The van der Waals surface area contributed by atoms with Gasteiger partial charge in [-0.3, -0.25) is 9.69 Å². The van der Waals surface area contributed by atoms with Gasteiger partial charge in [0.15, 0.2) is 0 Å². The molecule has 1 aliphatic heterocycles. The van der Waals surface area contributed by atoms with Crippen molar-refractivity contribution in [1.29, 1.82) is 0 Å². The molecule has 0 spiro atoms. The number of carbonyl (C=O) groups is 1. The van der Waals surface area contributed by atoms with Gasteiger partial charge in [0.2, 0.25) is 5.91 Å². The van der Waals surface area contributed by atoms with E-state index in [1.54, 1.807) is 7.11 Å². The second kappa shape index (κ2) is 7.26. The van der Waals surface area contributed by atoms with Crippen LogP contribution in [0.5, 0.6) is 5.75 Å². The van der Waals surface area contributed by atoms with Crippen LogP contribution in [0.15, 0.2) is 24.3 Å². The van der Waals surface area contributed by atoms with Crippen LogP contribution < -0.4 is 10.1 Å². The number of hydrogen-bond donors (Lipinski definition) is 1. The molecule has 1 amide bonds. The zero-order valence-electron chi connectivity index (χ0n) is 12.3. The first-order valence-corrected chi connectivity index (χ1v) is 7.10. The monoisotopic (exact) mass is 277 g/mol. The molecule has 5 heteroatoms. The average molecular weight is 277 g/mol. The number of rotatable bonds is 5. The van der Waals surface area contributed by atoms with E-state index >= 15 is 0 Å². The van der Waals surface area contributed by atoms with Crippen LogP contribution in [0.3, 0.4) is 0 Å². The first-order chi connectivity index (χ1) is 9.71. The van der Waals surface area contributed by atoms with Crippen molar-refractivity contribution in [3.05, 3.63) is 24.3 Å². The molecule has 1 aromatic rings. The fraction of sp³-hybridized carbons (Fsp3) is 0.533. The van der Waals surface area contributed by atoms with Gasteiger partial charge in [-0.15, -0.1) is 0 Å². The SMILES string of the molecule is CCN1CCN(CC(=O)Nc2cccc(OC)c2)CC1. The molecule has 0 radical (unpaired) electrons. The lowest BCUT2D eigenvalue weighted by Gasteiger charge is -2.33. The molecule has 1 aliphatic rings. The van der Waals surface area contributed by atoms with Crippen LogP contribution >= 0.6 is 0 Å². The highest BCUT2D eigenvalue weighted by molar-refractivity contribution is 5.92. The number of anilines is 1. The van der Waals surface area contributed by atoms with E-state index in [1.165, 1.54) is 0 Å². The summed E-state index contributed by atoms with van der Waals surface area (Å²) in [4.78, 5) is 16.6. The number of piperazine rings is 1. The molecule has 0 aromatic heterocycles. The lowest BCUT2D eigenvalue weighted by atomic mass is 10.3. The Morgan fingerprint density at radius 1 is 1.25 bits per heavy atom. The average Bonchev–Trinajstić information content (AvgIpc) is 2.48. The normalized spacial score (nSPS) is 16.9. The predicted octanol–water partition coefficient (Wildman–Crippen LogP) is 1.27. The highest BCUT2D eigenvalue weighted by atomic mass is 16.5. The molecule has 5 nitrogen and oxygen atoms in total. The Morgan fingerprint density at radius 3 is 2.60 bits per heavy atom. The molecule has 0 saturated carbocycles. The second-order valence-corrected chi connectivity index (χ2v) is 4.99. The van der Waals surface area contributed by atoms with Crippen molar-refractivity contribution in [2.75, 3.05) is 51.7 Å². The highest BCUT2D eigenvalue weighted by Gasteiger charge is 2.17. The molecule has 110 valence electrons. The number of ether oxygens (including phenoxy) is 1. The van der Waals surface area contributed by atoms with Crippen molar-refractivity contribution in [3.63, 3.8) is 0 Å². The molecule has 1 N–H and O–H groups in total. The van der Waals surface area contributed by atoms with Crippen molar-refractivity contribution in [1.82, 2.24) is 9.80 Å². The third kappa shape index (κ3) is 4.21. The first kappa shape index (κ1) is 14.8. The number of amides is 1. The summed E-state index contributed by atoms with van der Waals surface area (Å²) in [5.41, 5.74) is 0.779. The van der Waals surface area contributed by atoms with E-state index in [9.17, 15) is 4.79 Å². The van der Waals surface area contributed by atoms with Crippen molar-refractivity contribution < 1.29 is 9.53 Å². The Hall–Kier alpha value is -1.59. The van der Waals surface area contributed by atoms with Crippen molar-refractivity contribution >= 4 is 11.6 Å². The minimum atomic E-state index is 0.0307. The Bertz CT molecular complexity index is 442. The number of methoxy groups -OCH3 is 1. The Kier molecular flexibility index (Phi) is 5.38. The lowest BCUT2D eigenvalue weighted by Crippen LogP contribution is -2.48. The Morgan fingerprint density at radius 2 is 1.95 bits per heavy atom. The zero-order chi connectivity index (χ0) is 14.4. The molecule has 0 aliphatic carbocycles. The zero-order valence-corrected chi connectivity index (χ0v) is 12.3. The number of nitrogens with one attached hydrogen (secondary N) is 1. The minimum absolute atomic E-state index is 0.0307. The number of hydrogen-bond acceptors (Lipinski definition) is 4. The second-order valence-electron chi connectivity index (χ2n) is 4.99. The summed E-state index contributed by atoms with van der Waals surface area (Å²) in [5.74, 6) is 0.780. The highest BCUT2D eigenvalue weighted by Crippen LogP contribution is 2.16. The molecule has 1 fully saturated rings. The Labute approximate surface area is 120 Å². The van der Waals surface area contributed by atoms with Crippen LogP contribution in [0.1, 0.15) is 6.92 Å². The fourth-order valence-electron chi connectivity index (χ4n) is 2.37. The van der Waals surface area contributed by atoms with Gasteiger partial charge in [0.05, 0.1) is 13.7 Å². The maximum atomic E-state index is 12.0. The summed E-state index contributed by atoms with van der Waals surface area (Å²) in [6.45, 7) is 7.72. The van der Waals surface area contributed by atoms with Crippen LogP contribution in [-0.2, 0) is 4.79 Å². The molecule has 20 heavy (non-hydrogen) atoms. The van der Waals surface area contributed by atoms with E-state index in [0.717, 1.165) is 44.2 Å². The molecular formula is C15H23N3O2. The van der Waals surface area contributed by atoms with Gasteiger partial charge >= 0.3 is 0 Å². The first-order valence-electron chi connectivity index (χ1n) is 7.10. The van der Waals surface area contributed by atoms with Crippen molar-refractivity contribution in [2.45, 2.75) is 6.92 Å². The molecule has 0 bridgehead atoms. The van der Waals surface area contributed by atoms with E-state index in [1.807, 2.05) is 24.3 Å². The van der Waals surface area contributed by atoms with E-state index in [4.69, 9.17) is 4.74 Å². The summed E-state index contributed by atoms with van der Waals surface area (Å²) in [6, 6.07) is 7.43. The lowest BCUT2D eigenvalue weighted by molar-refractivity contribution is -0.117. The number of nitrogens with zero attached hydrogens (tertiary/aromatic N) is 2. The van der Waals surface area contributed by atoms with Gasteiger partial charge in [-0.2, -0.15) is 0 Å². The Balaban J connectivity index is 1.80. The summed E-state index contributed by atoms with van der Waals surface area (Å²) in [5, 5.41) is 2.91. The third-order valence-electron chi connectivity index (χ3n) is 3.63. The standard InChI is InChI=1S/C15H23N3O2/c1-3-17-7-9-18(10-8-17)12-15(19)16-13-5-4-6-14(11-13)20-2/h4-6,11H,3,7-10,12H2,1-2H3,(H,16,19). The number of likely N-dealkylation sites (N-methyl/N-ethyl adjacent to an activating group) is 1. The molecule has 0 atom stereocenters. The maximum Gasteiger partial charge on any atom is 0.238 e. The molecule has 1 aromatic carbocycles. The molecule has 1 saturated heterocycles. The summed E-state index contributed by atoms with van der Waals surface area (Å²) >= 11 is 0. The van der Waals surface area contributed by atoms with E-state index in [2.05, 4.69) is 22.0 Å². The van der Waals surface area contributed by atoms with Crippen LogP contribution in [-0.4, -0.2) is 62.1 Å². The summed E-state index contributed by atoms with van der Waals surface area (Å²) < 4.78 is 5.14. The van der Waals surface area contributed by atoms with Crippen LogP contribution in [0, 0.1) is 0 Å².